The van der Waals surface area contributed by atoms with Gasteiger partial charge in [0, 0.05) is 13.1 Å². The number of halogens is 3. The highest BCUT2D eigenvalue weighted by molar-refractivity contribution is 6.14. The molecule has 1 aliphatic rings. The Bertz CT molecular complexity index is 492. The van der Waals surface area contributed by atoms with Crippen molar-refractivity contribution in [2.75, 3.05) is 11.4 Å². The molecule has 5 nitrogen and oxygen atoms in total. The first-order chi connectivity index (χ1) is 7.79. The summed E-state index contributed by atoms with van der Waals surface area (Å²) in [6.45, 7) is -0.199. The van der Waals surface area contributed by atoms with Gasteiger partial charge in [0.15, 0.2) is 11.5 Å². The average molecular weight is 247 g/mol. The van der Waals surface area contributed by atoms with Crippen molar-refractivity contribution in [2.24, 2.45) is 7.05 Å². The molecule has 1 fully saturated rings. The van der Waals surface area contributed by atoms with Gasteiger partial charge in [-0.1, -0.05) is 0 Å². The number of carbonyl (C=O) groups is 2. The molecule has 1 aromatic rings. The van der Waals surface area contributed by atoms with E-state index in [1.807, 2.05) is 0 Å². The molecule has 0 saturated carbocycles. The molecule has 0 unspecified atom stereocenters. The van der Waals surface area contributed by atoms with Gasteiger partial charge in [-0.3, -0.25) is 19.2 Å². The summed E-state index contributed by atoms with van der Waals surface area (Å²) < 4.78 is 38.1. The molecule has 17 heavy (non-hydrogen) atoms. The van der Waals surface area contributed by atoms with E-state index in [1.54, 1.807) is 0 Å². The van der Waals surface area contributed by atoms with E-state index in [9.17, 15) is 22.8 Å². The number of alkyl halides is 3. The standard InChI is InChI=1S/C9H8F3N3O2/c1-14-7(3-6(13-14)9(10,11)12)15-4-5(16)2-8(15)17/h3H,2,4H2,1H3. The zero-order valence-corrected chi connectivity index (χ0v) is 8.78. The number of anilines is 1. The summed E-state index contributed by atoms with van der Waals surface area (Å²) in [6, 6.07) is 0.760. The molecule has 2 heterocycles. The van der Waals surface area contributed by atoms with Crippen LogP contribution in [0.1, 0.15) is 12.1 Å². The molecule has 1 aromatic heterocycles. The Morgan fingerprint density at radius 1 is 1.35 bits per heavy atom. The van der Waals surface area contributed by atoms with Crippen LogP contribution in [0.15, 0.2) is 6.07 Å². The van der Waals surface area contributed by atoms with Crippen molar-refractivity contribution in [1.29, 1.82) is 0 Å². The van der Waals surface area contributed by atoms with Crippen molar-refractivity contribution in [1.82, 2.24) is 9.78 Å². The molecule has 0 aromatic carbocycles. The van der Waals surface area contributed by atoms with Crippen LogP contribution in [0.4, 0.5) is 19.0 Å². The van der Waals surface area contributed by atoms with Crippen molar-refractivity contribution in [3.8, 4) is 0 Å². The SMILES string of the molecule is Cn1nc(C(F)(F)F)cc1N1CC(=O)CC1=O. The minimum atomic E-state index is -4.57. The quantitative estimate of drug-likeness (QED) is 0.688. The van der Waals surface area contributed by atoms with E-state index in [0.717, 1.165) is 15.6 Å². The second-order valence-electron chi connectivity index (χ2n) is 3.70. The number of Topliss-reactive ketones (excluding diaryl/α,β-unsaturated/α-hetero) is 1. The Morgan fingerprint density at radius 3 is 2.41 bits per heavy atom. The van der Waals surface area contributed by atoms with Crippen LogP contribution in [0.3, 0.4) is 0 Å². The predicted octanol–water partition coefficient (Wildman–Crippen LogP) is 0.745. The number of aryl methyl sites for hydroxylation is 1. The number of nitrogens with zero attached hydrogens (tertiary/aromatic N) is 3. The first-order valence-corrected chi connectivity index (χ1v) is 4.72. The van der Waals surface area contributed by atoms with Crippen LogP contribution in [-0.4, -0.2) is 28.0 Å². The van der Waals surface area contributed by atoms with Gasteiger partial charge < -0.3 is 0 Å². The molecular weight excluding hydrogens is 239 g/mol. The maximum Gasteiger partial charge on any atom is 0.435 e. The normalized spacial score (nSPS) is 17.1. The lowest BCUT2D eigenvalue weighted by molar-refractivity contribution is -0.141. The van der Waals surface area contributed by atoms with Crippen LogP contribution in [0.25, 0.3) is 0 Å². The summed E-state index contributed by atoms with van der Waals surface area (Å²) in [7, 11) is 1.29. The molecule has 2 rings (SSSR count). The number of ketones is 1. The van der Waals surface area contributed by atoms with Gasteiger partial charge in [-0.05, 0) is 0 Å². The summed E-state index contributed by atoms with van der Waals surface area (Å²) in [5.41, 5.74) is -1.08. The fourth-order valence-corrected chi connectivity index (χ4v) is 1.64. The molecule has 0 aliphatic carbocycles. The van der Waals surface area contributed by atoms with Gasteiger partial charge in [-0.15, -0.1) is 0 Å². The largest absolute Gasteiger partial charge is 0.435 e. The second kappa shape index (κ2) is 3.57. The zero-order chi connectivity index (χ0) is 12.8. The number of aromatic nitrogens is 2. The monoisotopic (exact) mass is 247 g/mol. The van der Waals surface area contributed by atoms with Crippen LogP contribution in [0.2, 0.25) is 0 Å². The molecule has 1 saturated heterocycles. The molecule has 1 amide bonds. The highest BCUT2D eigenvalue weighted by atomic mass is 19.4. The smallest absolute Gasteiger partial charge is 0.297 e. The number of hydrogen-bond donors (Lipinski definition) is 0. The van der Waals surface area contributed by atoms with E-state index >= 15 is 0 Å². The third-order valence-corrected chi connectivity index (χ3v) is 2.41. The van der Waals surface area contributed by atoms with Crippen LogP contribution >= 0.6 is 0 Å². The van der Waals surface area contributed by atoms with E-state index < -0.39 is 17.8 Å². The third-order valence-electron chi connectivity index (χ3n) is 2.41. The van der Waals surface area contributed by atoms with Crippen molar-refractivity contribution in [2.45, 2.75) is 12.6 Å². The fraction of sp³-hybridized carbons (Fsp3) is 0.444. The van der Waals surface area contributed by atoms with E-state index in [1.165, 1.54) is 7.05 Å². The molecule has 8 heteroatoms. The van der Waals surface area contributed by atoms with Gasteiger partial charge in [0.1, 0.15) is 5.82 Å². The molecule has 1 aliphatic heterocycles. The molecule has 0 spiro atoms. The fourth-order valence-electron chi connectivity index (χ4n) is 1.64. The molecule has 0 N–H and O–H groups in total. The summed E-state index contributed by atoms with van der Waals surface area (Å²) in [5, 5.41) is 3.27. The molecule has 0 bridgehead atoms. The van der Waals surface area contributed by atoms with Gasteiger partial charge >= 0.3 is 6.18 Å². The topological polar surface area (TPSA) is 55.2 Å². The van der Waals surface area contributed by atoms with E-state index in [0.29, 0.717) is 0 Å². The molecule has 0 radical (unpaired) electrons. The van der Waals surface area contributed by atoms with Crippen LogP contribution < -0.4 is 4.90 Å². The van der Waals surface area contributed by atoms with E-state index in [-0.39, 0.29) is 24.6 Å². The molecular formula is C9H8F3N3O2. The van der Waals surface area contributed by atoms with Crippen molar-refractivity contribution < 1.29 is 22.8 Å². The number of carbonyl (C=O) groups excluding carboxylic acids is 2. The summed E-state index contributed by atoms with van der Waals surface area (Å²) in [6.07, 6.45) is -4.84. The summed E-state index contributed by atoms with van der Waals surface area (Å²) in [5.74, 6) is -0.843. The molecule has 92 valence electrons. The lowest BCUT2D eigenvalue weighted by Gasteiger charge is -2.13. The van der Waals surface area contributed by atoms with Crippen molar-refractivity contribution in [3.63, 3.8) is 0 Å². The average Bonchev–Trinajstić information content (AvgIpc) is 2.68. The number of hydrogen-bond acceptors (Lipinski definition) is 3. The highest BCUT2D eigenvalue weighted by Crippen LogP contribution is 2.31. The minimum absolute atomic E-state index is 0.0202. The van der Waals surface area contributed by atoms with Crippen molar-refractivity contribution in [3.05, 3.63) is 11.8 Å². The Labute approximate surface area is 93.8 Å². The third kappa shape index (κ3) is 2.02. The Hall–Kier alpha value is -1.86. The Kier molecular flexibility index (Phi) is 2.44. The van der Waals surface area contributed by atoms with E-state index in [4.69, 9.17) is 0 Å². The van der Waals surface area contributed by atoms with Gasteiger partial charge in [0.25, 0.3) is 0 Å². The Balaban J connectivity index is 2.37. The van der Waals surface area contributed by atoms with Crippen LogP contribution in [0.5, 0.6) is 0 Å². The van der Waals surface area contributed by atoms with Gasteiger partial charge in [-0.2, -0.15) is 18.3 Å². The lowest BCUT2D eigenvalue weighted by atomic mass is 10.3. The maximum absolute atomic E-state index is 12.4. The highest BCUT2D eigenvalue weighted by Gasteiger charge is 2.37. The van der Waals surface area contributed by atoms with Gasteiger partial charge in [0.05, 0.1) is 13.0 Å². The predicted molar refractivity (Wildman–Crippen MR) is 50.2 cm³/mol. The second-order valence-corrected chi connectivity index (χ2v) is 3.70. The van der Waals surface area contributed by atoms with Gasteiger partial charge in [-0.25, -0.2) is 0 Å². The van der Waals surface area contributed by atoms with Gasteiger partial charge in [0.2, 0.25) is 5.91 Å². The summed E-state index contributed by atoms with van der Waals surface area (Å²) in [4.78, 5) is 23.4. The molecule has 0 atom stereocenters. The first kappa shape index (κ1) is 11.6. The van der Waals surface area contributed by atoms with E-state index in [2.05, 4.69) is 5.10 Å². The zero-order valence-electron chi connectivity index (χ0n) is 8.78. The van der Waals surface area contributed by atoms with Crippen LogP contribution in [-0.2, 0) is 22.8 Å². The van der Waals surface area contributed by atoms with Crippen molar-refractivity contribution >= 4 is 17.5 Å². The maximum atomic E-state index is 12.4. The number of rotatable bonds is 1. The lowest BCUT2D eigenvalue weighted by Crippen LogP contribution is -2.26. The summed E-state index contributed by atoms with van der Waals surface area (Å²) >= 11 is 0. The van der Waals surface area contributed by atoms with Crippen LogP contribution in [0, 0.1) is 0 Å². The Morgan fingerprint density at radius 2 is 2.00 bits per heavy atom. The minimum Gasteiger partial charge on any atom is -0.297 e. The first-order valence-electron chi connectivity index (χ1n) is 4.72. The number of amides is 1.